The van der Waals surface area contributed by atoms with Gasteiger partial charge in [0.2, 0.25) is 0 Å². The third kappa shape index (κ3) is 2.35. The number of piperidine rings is 1. The lowest BCUT2D eigenvalue weighted by Gasteiger charge is -2.44. The predicted octanol–water partition coefficient (Wildman–Crippen LogP) is 3.71. The van der Waals surface area contributed by atoms with E-state index in [9.17, 15) is 0 Å². The number of rotatable bonds is 1. The van der Waals surface area contributed by atoms with Crippen molar-refractivity contribution in [1.82, 2.24) is 14.9 Å². The Kier molecular flexibility index (Phi) is 3.13. The minimum Gasteiger partial charge on any atom is -0.342 e. The fourth-order valence-electron chi connectivity index (χ4n) is 3.15. The smallest absolute Gasteiger partial charge is 0.113 e. The molecule has 1 aromatic carbocycles. The Hall–Kier alpha value is -1.35. The Morgan fingerprint density at radius 1 is 1.15 bits per heavy atom. The van der Waals surface area contributed by atoms with Crippen molar-refractivity contribution in [3.8, 4) is 0 Å². The minimum absolute atomic E-state index is 0.181. The Labute approximate surface area is 121 Å². The van der Waals surface area contributed by atoms with E-state index < -0.39 is 0 Å². The van der Waals surface area contributed by atoms with Crippen molar-refractivity contribution >= 4 is 11.0 Å². The number of hydrogen-bond donors (Lipinski definition) is 1. The van der Waals surface area contributed by atoms with Crippen molar-refractivity contribution in [2.24, 2.45) is 0 Å². The summed E-state index contributed by atoms with van der Waals surface area (Å²) in [5.41, 5.74) is 2.69. The first-order valence-corrected chi connectivity index (χ1v) is 7.59. The summed E-state index contributed by atoms with van der Waals surface area (Å²) in [4.78, 5) is 10.9. The van der Waals surface area contributed by atoms with Crippen LogP contribution in [0.3, 0.4) is 0 Å². The molecule has 2 heterocycles. The SMILES string of the molecule is CC1(c2nc3ccccc3[nH]2)CCN(C(C)(C)C)CC1. The van der Waals surface area contributed by atoms with Crippen molar-refractivity contribution in [2.45, 2.75) is 51.5 Å². The van der Waals surface area contributed by atoms with Crippen LogP contribution < -0.4 is 0 Å². The van der Waals surface area contributed by atoms with E-state index in [0.717, 1.165) is 29.9 Å². The highest BCUT2D eigenvalue weighted by Gasteiger charge is 2.37. The van der Waals surface area contributed by atoms with Crippen LogP contribution in [0.5, 0.6) is 0 Å². The van der Waals surface area contributed by atoms with Gasteiger partial charge in [-0.15, -0.1) is 0 Å². The van der Waals surface area contributed by atoms with Crippen molar-refractivity contribution in [3.05, 3.63) is 30.1 Å². The highest BCUT2D eigenvalue weighted by atomic mass is 15.2. The summed E-state index contributed by atoms with van der Waals surface area (Å²) in [6.45, 7) is 11.6. The number of nitrogens with one attached hydrogen (secondary N) is 1. The first-order chi connectivity index (χ1) is 9.38. The maximum Gasteiger partial charge on any atom is 0.113 e. The van der Waals surface area contributed by atoms with Gasteiger partial charge in [0, 0.05) is 11.0 Å². The summed E-state index contributed by atoms with van der Waals surface area (Å²) < 4.78 is 0. The Morgan fingerprint density at radius 2 is 1.80 bits per heavy atom. The van der Waals surface area contributed by atoms with E-state index in [0.29, 0.717) is 0 Å². The van der Waals surface area contributed by atoms with E-state index in [-0.39, 0.29) is 11.0 Å². The molecule has 1 aliphatic heterocycles. The lowest BCUT2D eigenvalue weighted by molar-refractivity contribution is 0.0772. The van der Waals surface area contributed by atoms with Gasteiger partial charge in [0.1, 0.15) is 5.82 Å². The van der Waals surface area contributed by atoms with Gasteiger partial charge < -0.3 is 4.98 Å². The van der Waals surface area contributed by atoms with Gasteiger partial charge in [-0.3, -0.25) is 4.90 Å². The number of hydrogen-bond acceptors (Lipinski definition) is 2. The van der Waals surface area contributed by atoms with Crippen LogP contribution in [0.4, 0.5) is 0 Å². The van der Waals surface area contributed by atoms with E-state index in [1.165, 1.54) is 12.8 Å². The fourth-order valence-corrected chi connectivity index (χ4v) is 3.15. The molecule has 2 aromatic rings. The van der Waals surface area contributed by atoms with Crippen LogP contribution in [0.25, 0.3) is 11.0 Å². The quantitative estimate of drug-likeness (QED) is 0.857. The molecule has 1 N–H and O–H groups in total. The van der Waals surface area contributed by atoms with Crippen LogP contribution in [0.1, 0.15) is 46.4 Å². The number of para-hydroxylation sites is 2. The Morgan fingerprint density at radius 3 is 2.40 bits per heavy atom. The van der Waals surface area contributed by atoms with Crippen LogP contribution in [-0.4, -0.2) is 33.5 Å². The molecule has 0 radical (unpaired) electrons. The molecule has 108 valence electrons. The predicted molar refractivity (Wildman–Crippen MR) is 84.0 cm³/mol. The van der Waals surface area contributed by atoms with Gasteiger partial charge in [0.25, 0.3) is 0 Å². The zero-order valence-corrected chi connectivity index (χ0v) is 13.0. The second-order valence-electron chi connectivity index (χ2n) is 7.32. The molecule has 1 saturated heterocycles. The summed E-state index contributed by atoms with van der Waals surface area (Å²) in [5.74, 6) is 1.16. The summed E-state index contributed by atoms with van der Waals surface area (Å²) in [6, 6.07) is 8.31. The number of likely N-dealkylation sites (tertiary alicyclic amines) is 1. The van der Waals surface area contributed by atoms with Crippen molar-refractivity contribution < 1.29 is 0 Å². The Bertz CT molecular complexity index is 565. The standard InChI is InChI=1S/C17H25N3/c1-16(2,3)20-11-9-17(4,10-12-20)15-18-13-7-5-6-8-14(13)19-15/h5-8H,9-12H2,1-4H3,(H,18,19). The van der Waals surface area contributed by atoms with Crippen LogP contribution in [0.2, 0.25) is 0 Å². The van der Waals surface area contributed by atoms with E-state index >= 15 is 0 Å². The van der Waals surface area contributed by atoms with Crippen molar-refractivity contribution in [1.29, 1.82) is 0 Å². The highest BCUT2D eigenvalue weighted by Crippen LogP contribution is 2.36. The van der Waals surface area contributed by atoms with E-state index in [2.05, 4.69) is 61.8 Å². The third-order valence-corrected chi connectivity index (χ3v) is 4.78. The molecular weight excluding hydrogens is 246 g/mol. The van der Waals surface area contributed by atoms with Gasteiger partial charge in [-0.05, 0) is 58.8 Å². The molecule has 0 unspecified atom stereocenters. The number of aromatic amines is 1. The molecule has 0 bridgehead atoms. The minimum atomic E-state index is 0.181. The molecule has 0 aliphatic carbocycles. The Balaban J connectivity index is 1.83. The number of imidazole rings is 1. The molecule has 0 saturated carbocycles. The fraction of sp³-hybridized carbons (Fsp3) is 0.588. The maximum atomic E-state index is 4.82. The average Bonchev–Trinajstić information content (AvgIpc) is 2.82. The first kappa shape index (κ1) is 13.6. The normalized spacial score (nSPS) is 20.4. The number of nitrogens with zero attached hydrogens (tertiary/aromatic N) is 2. The van der Waals surface area contributed by atoms with Gasteiger partial charge in [0.15, 0.2) is 0 Å². The highest BCUT2D eigenvalue weighted by molar-refractivity contribution is 5.75. The summed E-state index contributed by atoms with van der Waals surface area (Å²) in [6.07, 6.45) is 2.34. The molecule has 0 spiro atoms. The summed E-state index contributed by atoms with van der Waals surface area (Å²) >= 11 is 0. The molecule has 3 heteroatoms. The average molecular weight is 271 g/mol. The van der Waals surface area contributed by atoms with E-state index in [4.69, 9.17) is 4.98 Å². The largest absolute Gasteiger partial charge is 0.342 e. The molecule has 1 aromatic heterocycles. The topological polar surface area (TPSA) is 31.9 Å². The zero-order valence-electron chi connectivity index (χ0n) is 13.0. The van der Waals surface area contributed by atoms with E-state index in [1.54, 1.807) is 0 Å². The molecule has 0 amide bonds. The molecule has 1 fully saturated rings. The third-order valence-electron chi connectivity index (χ3n) is 4.78. The van der Waals surface area contributed by atoms with Gasteiger partial charge in [-0.2, -0.15) is 0 Å². The molecule has 0 atom stereocenters. The molecule has 20 heavy (non-hydrogen) atoms. The summed E-state index contributed by atoms with van der Waals surface area (Å²) in [5, 5.41) is 0. The monoisotopic (exact) mass is 271 g/mol. The van der Waals surface area contributed by atoms with Crippen LogP contribution in [0, 0.1) is 0 Å². The maximum absolute atomic E-state index is 4.82. The van der Waals surface area contributed by atoms with Crippen LogP contribution in [0.15, 0.2) is 24.3 Å². The second kappa shape index (κ2) is 4.59. The van der Waals surface area contributed by atoms with Crippen molar-refractivity contribution in [2.75, 3.05) is 13.1 Å². The number of fused-ring (bicyclic) bond motifs is 1. The number of aromatic nitrogens is 2. The first-order valence-electron chi connectivity index (χ1n) is 7.59. The van der Waals surface area contributed by atoms with Gasteiger partial charge in [-0.25, -0.2) is 4.98 Å². The molecule has 3 rings (SSSR count). The van der Waals surface area contributed by atoms with Gasteiger partial charge in [0.05, 0.1) is 11.0 Å². The second-order valence-corrected chi connectivity index (χ2v) is 7.32. The molecule has 3 nitrogen and oxygen atoms in total. The van der Waals surface area contributed by atoms with Crippen LogP contribution >= 0.6 is 0 Å². The van der Waals surface area contributed by atoms with Crippen molar-refractivity contribution in [3.63, 3.8) is 0 Å². The number of benzene rings is 1. The van der Waals surface area contributed by atoms with Gasteiger partial charge in [-0.1, -0.05) is 19.1 Å². The number of H-pyrrole nitrogens is 1. The zero-order chi connectivity index (χ0) is 14.4. The lowest BCUT2D eigenvalue weighted by Crippen LogP contribution is -2.49. The summed E-state index contributed by atoms with van der Waals surface area (Å²) in [7, 11) is 0. The van der Waals surface area contributed by atoms with Gasteiger partial charge >= 0.3 is 0 Å². The van der Waals surface area contributed by atoms with E-state index in [1.807, 2.05) is 0 Å². The lowest BCUT2D eigenvalue weighted by atomic mass is 9.78. The molecular formula is C17H25N3. The van der Waals surface area contributed by atoms with Crippen LogP contribution in [-0.2, 0) is 5.41 Å². The molecule has 1 aliphatic rings.